The van der Waals surface area contributed by atoms with E-state index in [0.29, 0.717) is 22.2 Å². The highest BCUT2D eigenvalue weighted by atomic mass is 32.2. The van der Waals surface area contributed by atoms with E-state index in [1.54, 1.807) is 16.4 Å². The molecule has 0 unspecified atom stereocenters. The Kier molecular flexibility index (Phi) is 4.62. The minimum atomic E-state index is -3.40. The largest absolute Gasteiger partial charge is 0.391 e. The van der Waals surface area contributed by atoms with Gasteiger partial charge in [-0.3, -0.25) is 0 Å². The summed E-state index contributed by atoms with van der Waals surface area (Å²) in [6.45, 7) is 5.33. The summed E-state index contributed by atoms with van der Waals surface area (Å²) in [5.74, 6) is 0.824. The third-order valence-corrected chi connectivity index (χ3v) is 7.99. The average molecular weight is 321 g/mol. The molecule has 0 atom stereocenters. The SMILES string of the molecule is CC1(C)CCN(S(=O)(=O)c2ccc(CO)s2)CCS1. The van der Waals surface area contributed by atoms with E-state index < -0.39 is 10.0 Å². The van der Waals surface area contributed by atoms with Crippen LogP contribution in [0, 0.1) is 0 Å². The number of thioether (sulfide) groups is 1. The standard InChI is InChI=1S/C12H19NO3S3/c1-12(2)5-6-13(7-8-17-12)19(15,16)11-4-3-10(9-14)18-11/h3-4,14H,5-9H2,1-2H3. The second-order valence-corrected chi connectivity index (χ2v) is 10.3. The molecular formula is C12H19NO3S3. The molecule has 0 bridgehead atoms. The molecule has 0 amide bonds. The molecule has 1 aromatic rings. The number of nitrogens with zero attached hydrogens (tertiary/aromatic N) is 1. The third-order valence-electron chi connectivity index (χ3n) is 3.18. The van der Waals surface area contributed by atoms with E-state index in [0.717, 1.165) is 23.5 Å². The van der Waals surface area contributed by atoms with Crippen LogP contribution in [0.25, 0.3) is 0 Å². The fourth-order valence-electron chi connectivity index (χ4n) is 1.95. The van der Waals surface area contributed by atoms with Crippen LogP contribution in [-0.4, -0.2) is 41.4 Å². The van der Waals surface area contributed by atoms with Crippen LogP contribution in [0.2, 0.25) is 0 Å². The molecular weight excluding hydrogens is 302 g/mol. The van der Waals surface area contributed by atoms with Crippen LogP contribution in [0.3, 0.4) is 0 Å². The van der Waals surface area contributed by atoms with Crippen LogP contribution < -0.4 is 0 Å². The molecule has 2 heterocycles. The van der Waals surface area contributed by atoms with Gasteiger partial charge in [0.1, 0.15) is 4.21 Å². The smallest absolute Gasteiger partial charge is 0.252 e. The first-order chi connectivity index (χ1) is 8.85. The number of aliphatic hydroxyl groups excluding tert-OH is 1. The molecule has 19 heavy (non-hydrogen) atoms. The van der Waals surface area contributed by atoms with E-state index in [9.17, 15) is 8.42 Å². The molecule has 0 radical (unpaired) electrons. The summed E-state index contributed by atoms with van der Waals surface area (Å²) in [6, 6.07) is 3.27. The van der Waals surface area contributed by atoms with Crippen LogP contribution in [0.4, 0.5) is 0 Å². The Hall–Kier alpha value is -0.0800. The fourth-order valence-corrected chi connectivity index (χ4v) is 5.98. The van der Waals surface area contributed by atoms with Crippen molar-refractivity contribution in [3.8, 4) is 0 Å². The summed E-state index contributed by atoms with van der Waals surface area (Å²) in [6.07, 6.45) is 0.856. The summed E-state index contributed by atoms with van der Waals surface area (Å²) in [5.41, 5.74) is 0. The number of hydrogen-bond donors (Lipinski definition) is 1. The minimum absolute atomic E-state index is 0.108. The van der Waals surface area contributed by atoms with Gasteiger partial charge >= 0.3 is 0 Å². The maximum absolute atomic E-state index is 12.5. The molecule has 4 nitrogen and oxygen atoms in total. The zero-order valence-electron chi connectivity index (χ0n) is 11.1. The lowest BCUT2D eigenvalue weighted by atomic mass is 10.1. The zero-order chi connectivity index (χ0) is 14.1. The normalized spacial score (nSPS) is 21.2. The minimum Gasteiger partial charge on any atom is -0.391 e. The van der Waals surface area contributed by atoms with Gasteiger partial charge < -0.3 is 5.11 Å². The van der Waals surface area contributed by atoms with Gasteiger partial charge in [0.05, 0.1) is 6.61 Å². The molecule has 0 saturated carbocycles. The zero-order valence-corrected chi connectivity index (χ0v) is 13.6. The van der Waals surface area contributed by atoms with Gasteiger partial charge in [0, 0.05) is 28.5 Å². The Bertz CT molecular complexity index is 536. The molecule has 1 fully saturated rings. The van der Waals surface area contributed by atoms with Crippen molar-refractivity contribution in [3.63, 3.8) is 0 Å². The fraction of sp³-hybridized carbons (Fsp3) is 0.667. The van der Waals surface area contributed by atoms with E-state index >= 15 is 0 Å². The van der Waals surface area contributed by atoms with Crippen molar-refractivity contribution in [2.45, 2.75) is 35.8 Å². The van der Waals surface area contributed by atoms with E-state index in [-0.39, 0.29) is 11.4 Å². The van der Waals surface area contributed by atoms with Gasteiger partial charge in [-0.05, 0) is 18.6 Å². The molecule has 0 spiro atoms. The summed E-state index contributed by atoms with van der Waals surface area (Å²) in [7, 11) is -3.40. The van der Waals surface area contributed by atoms with Crippen molar-refractivity contribution >= 4 is 33.1 Å². The summed E-state index contributed by atoms with van der Waals surface area (Å²) in [4.78, 5) is 0.683. The van der Waals surface area contributed by atoms with Gasteiger partial charge in [-0.2, -0.15) is 16.1 Å². The molecule has 1 aromatic heterocycles. The topological polar surface area (TPSA) is 57.6 Å². The van der Waals surface area contributed by atoms with Gasteiger partial charge in [0.15, 0.2) is 0 Å². The van der Waals surface area contributed by atoms with Gasteiger partial charge in [0.25, 0.3) is 10.0 Å². The monoisotopic (exact) mass is 321 g/mol. The van der Waals surface area contributed by atoms with Gasteiger partial charge in [0.2, 0.25) is 0 Å². The maximum Gasteiger partial charge on any atom is 0.252 e. The predicted molar refractivity (Wildman–Crippen MR) is 80.2 cm³/mol. The lowest BCUT2D eigenvalue weighted by Crippen LogP contribution is -2.33. The first kappa shape index (κ1) is 15.3. The highest BCUT2D eigenvalue weighted by Crippen LogP contribution is 2.33. The lowest BCUT2D eigenvalue weighted by Gasteiger charge is -2.22. The third kappa shape index (κ3) is 3.52. The predicted octanol–water partition coefficient (Wildman–Crippen LogP) is 2.15. The number of hydrogen-bond acceptors (Lipinski definition) is 5. The first-order valence-electron chi connectivity index (χ1n) is 6.19. The number of aliphatic hydroxyl groups is 1. The van der Waals surface area contributed by atoms with E-state index in [1.165, 1.54) is 0 Å². The van der Waals surface area contributed by atoms with Crippen LogP contribution in [-0.2, 0) is 16.6 Å². The number of sulfonamides is 1. The molecule has 1 N–H and O–H groups in total. The second kappa shape index (κ2) is 5.73. The van der Waals surface area contributed by atoms with Gasteiger partial charge in [-0.15, -0.1) is 11.3 Å². The molecule has 0 aromatic carbocycles. The molecule has 2 rings (SSSR count). The van der Waals surface area contributed by atoms with Crippen LogP contribution in [0.1, 0.15) is 25.1 Å². The van der Waals surface area contributed by atoms with E-state index in [1.807, 2.05) is 11.8 Å². The summed E-state index contributed by atoms with van der Waals surface area (Å²) < 4.78 is 27.1. The number of thiophene rings is 1. The highest BCUT2D eigenvalue weighted by molar-refractivity contribution is 8.00. The van der Waals surface area contributed by atoms with Crippen molar-refractivity contribution in [2.24, 2.45) is 0 Å². The maximum atomic E-state index is 12.5. The van der Waals surface area contributed by atoms with Gasteiger partial charge in [-0.25, -0.2) is 8.42 Å². The molecule has 7 heteroatoms. The molecule has 1 aliphatic rings. The lowest BCUT2D eigenvalue weighted by molar-refractivity contribution is 0.285. The Morgan fingerprint density at radius 3 is 2.74 bits per heavy atom. The summed E-state index contributed by atoms with van der Waals surface area (Å²) in [5, 5.41) is 9.04. The van der Waals surface area contributed by atoms with E-state index in [4.69, 9.17) is 5.11 Å². The highest BCUT2D eigenvalue weighted by Gasteiger charge is 2.31. The molecule has 0 aliphatic carbocycles. The number of rotatable bonds is 3. The Balaban J connectivity index is 2.20. The van der Waals surface area contributed by atoms with Crippen molar-refractivity contribution in [2.75, 3.05) is 18.8 Å². The Morgan fingerprint density at radius 2 is 2.11 bits per heavy atom. The van der Waals surface area contributed by atoms with Crippen LogP contribution in [0.15, 0.2) is 16.3 Å². The quantitative estimate of drug-likeness (QED) is 0.927. The van der Waals surface area contributed by atoms with Gasteiger partial charge in [-0.1, -0.05) is 13.8 Å². The van der Waals surface area contributed by atoms with E-state index in [2.05, 4.69) is 13.8 Å². The second-order valence-electron chi connectivity index (χ2n) is 5.14. The average Bonchev–Trinajstić information content (AvgIpc) is 2.75. The van der Waals surface area contributed by atoms with Crippen molar-refractivity contribution in [1.82, 2.24) is 4.31 Å². The van der Waals surface area contributed by atoms with Crippen molar-refractivity contribution < 1.29 is 13.5 Å². The first-order valence-corrected chi connectivity index (χ1v) is 9.43. The summed E-state index contributed by atoms with van der Waals surface area (Å²) >= 11 is 2.98. The van der Waals surface area contributed by atoms with Crippen LogP contribution in [0.5, 0.6) is 0 Å². The molecule has 108 valence electrons. The van der Waals surface area contributed by atoms with Crippen molar-refractivity contribution in [1.29, 1.82) is 0 Å². The Labute approximate surface area is 122 Å². The Morgan fingerprint density at radius 1 is 1.37 bits per heavy atom. The van der Waals surface area contributed by atoms with Crippen LogP contribution >= 0.6 is 23.1 Å². The molecule has 1 aliphatic heterocycles. The van der Waals surface area contributed by atoms with Crippen molar-refractivity contribution in [3.05, 3.63) is 17.0 Å². The molecule has 1 saturated heterocycles.